The summed E-state index contributed by atoms with van der Waals surface area (Å²) in [7, 11) is 0. The predicted molar refractivity (Wildman–Crippen MR) is 163 cm³/mol. The summed E-state index contributed by atoms with van der Waals surface area (Å²) in [5.74, 6) is 0. The first-order valence-electron chi connectivity index (χ1n) is 15.5. The van der Waals surface area contributed by atoms with Gasteiger partial charge in [-0.25, -0.2) is 28.1 Å². The SMILES string of the molecule is CC.CCCOC#N.N#COCCCCCCn1c(=O)n(CCCCCCOC#N)c(=O)n(CCCCCCOC#N)c1=O. The Hall–Kier alpha value is -4.43. The van der Waals surface area contributed by atoms with Crippen molar-refractivity contribution in [2.24, 2.45) is 0 Å². The number of hydrogen-bond donors (Lipinski definition) is 0. The number of ether oxygens (including phenoxy) is 4. The minimum Gasteiger partial charge on any atom is -0.428 e. The van der Waals surface area contributed by atoms with E-state index in [4.69, 9.17) is 21.0 Å². The number of nitriles is 4. The van der Waals surface area contributed by atoms with Crippen LogP contribution in [0, 0.1) is 46.1 Å². The maximum atomic E-state index is 13.0. The Morgan fingerprint density at radius 2 is 0.705 bits per heavy atom. The number of nitrogens with zero attached hydrogens (tertiary/aromatic N) is 7. The van der Waals surface area contributed by atoms with Gasteiger partial charge < -0.3 is 18.9 Å². The van der Waals surface area contributed by atoms with Crippen LogP contribution in [-0.4, -0.2) is 40.1 Å². The number of hydrogen-bond acceptors (Lipinski definition) is 11. The molecule has 0 N–H and O–H groups in total. The summed E-state index contributed by atoms with van der Waals surface area (Å²) >= 11 is 0. The highest BCUT2D eigenvalue weighted by atomic mass is 16.5. The Morgan fingerprint density at radius 1 is 0.455 bits per heavy atom. The van der Waals surface area contributed by atoms with Gasteiger partial charge in [0.2, 0.25) is 0 Å². The molecule has 0 saturated carbocycles. The van der Waals surface area contributed by atoms with Crippen molar-refractivity contribution in [1.29, 1.82) is 21.0 Å². The minimum atomic E-state index is -0.587. The van der Waals surface area contributed by atoms with Crippen molar-refractivity contribution < 1.29 is 18.9 Å². The second kappa shape index (κ2) is 31.5. The van der Waals surface area contributed by atoms with Crippen LogP contribution in [0.15, 0.2) is 14.4 Å². The summed E-state index contributed by atoms with van der Waals surface area (Å²) in [6.07, 6.45) is 16.0. The van der Waals surface area contributed by atoms with Crippen LogP contribution in [0.1, 0.15) is 104 Å². The van der Waals surface area contributed by atoms with E-state index in [1.165, 1.54) is 0 Å². The van der Waals surface area contributed by atoms with Gasteiger partial charge in [0.05, 0.1) is 0 Å². The van der Waals surface area contributed by atoms with Gasteiger partial charge in [0.25, 0.3) is 25.0 Å². The molecule has 0 radical (unpaired) electrons. The summed E-state index contributed by atoms with van der Waals surface area (Å²) in [5, 5.41) is 32.9. The molecule has 0 atom stereocenters. The monoisotopic (exact) mass is 619 g/mol. The Morgan fingerprint density at radius 3 is 0.932 bits per heavy atom. The van der Waals surface area contributed by atoms with E-state index >= 15 is 0 Å². The van der Waals surface area contributed by atoms with E-state index in [2.05, 4.69) is 18.9 Å². The molecule has 0 aliphatic rings. The first kappa shape index (κ1) is 41.7. The second-order valence-electron chi connectivity index (χ2n) is 9.30. The zero-order chi connectivity index (χ0) is 33.3. The third-order valence-corrected chi connectivity index (χ3v) is 6.08. The van der Waals surface area contributed by atoms with E-state index in [1.54, 1.807) is 25.0 Å². The fourth-order valence-corrected chi connectivity index (χ4v) is 3.93. The van der Waals surface area contributed by atoms with Crippen LogP contribution >= 0.6 is 0 Å². The summed E-state index contributed by atoms with van der Waals surface area (Å²) in [5.41, 5.74) is -1.76. The third-order valence-electron chi connectivity index (χ3n) is 6.08. The van der Waals surface area contributed by atoms with Gasteiger partial charge in [-0.05, 0) is 64.2 Å². The molecule has 0 aliphatic carbocycles. The van der Waals surface area contributed by atoms with Crippen LogP contribution in [-0.2, 0) is 38.6 Å². The van der Waals surface area contributed by atoms with Crippen LogP contribution in [0.4, 0.5) is 0 Å². The lowest BCUT2D eigenvalue weighted by atomic mass is 10.2. The molecule has 0 amide bonds. The fraction of sp³-hybridized carbons (Fsp3) is 0.767. The standard InChI is InChI=1S/C24H36N6O6.C4H7NO.C2H6/c25-19-34-16-10-4-1-7-13-28-22(31)29(14-8-2-5-11-17-35-20-26)24(33)30(23(28)32)15-9-3-6-12-18-36-21-27;1-2-3-6-4-5;1-2/h1-18H2;2-3H2,1H3;1-2H3. The average Bonchev–Trinajstić information content (AvgIpc) is 3.04. The zero-order valence-electron chi connectivity index (χ0n) is 26.6. The van der Waals surface area contributed by atoms with Crippen molar-refractivity contribution in [3.8, 4) is 25.0 Å². The van der Waals surface area contributed by atoms with Crippen molar-refractivity contribution in [1.82, 2.24) is 13.7 Å². The maximum absolute atomic E-state index is 13.0. The van der Waals surface area contributed by atoms with Gasteiger partial charge in [0, 0.05) is 19.6 Å². The first-order valence-corrected chi connectivity index (χ1v) is 15.5. The Balaban J connectivity index is 0. The highest BCUT2D eigenvalue weighted by Crippen LogP contribution is 2.04. The van der Waals surface area contributed by atoms with Crippen molar-refractivity contribution in [2.45, 2.75) is 124 Å². The van der Waals surface area contributed by atoms with Crippen molar-refractivity contribution in [3.05, 3.63) is 31.5 Å². The highest BCUT2D eigenvalue weighted by Gasteiger charge is 2.15. The van der Waals surface area contributed by atoms with Crippen LogP contribution in [0.5, 0.6) is 0 Å². The molecule has 0 aliphatic heterocycles. The summed E-state index contributed by atoms with van der Waals surface area (Å²) in [6, 6.07) is 0. The van der Waals surface area contributed by atoms with Gasteiger partial charge in [-0.1, -0.05) is 40.0 Å². The van der Waals surface area contributed by atoms with E-state index in [9.17, 15) is 14.4 Å². The maximum Gasteiger partial charge on any atom is 0.336 e. The molecule has 0 spiro atoms. The molecule has 0 saturated heterocycles. The number of rotatable bonds is 23. The minimum absolute atomic E-state index is 0.216. The molecule has 1 aromatic rings. The zero-order valence-corrected chi connectivity index (χ0v) is 26.6. The second-order valence-corrected chi connectivity index (χ2v) is 9.30. The first-order chi connectivity index (χ1) is 21.5. The van der Waals surface area contributed by atoms with Crippen LogP contribution < -0.4 is 17.1 Å². The molecule has 0 bridgehead atoms. The predicted octanol–water partition coefficient (Wildman–Crippen LogP) is 4.27. The molecule has 44 heavy (non-hydrogen) atoms. The van der Waals surface area contributed by atoms with E-state index in [0.29, 0.717) is 65.0 Å². The molecule has 14 nitrogen and oxygen atoms in total. The van der Waals surface area contributed by atoms with Gasteiger partial charge in [-0.15, -0.1) is 0 Å². The van der Waals surface area contributed by atoms with E-state index in [-0.39, 0.29) is 19.6 Å². The largest absolute Gasteiger partial charge is 0.428 e. The van der Waals surface area contributed by atoms with Gasteiger partial charge in [0.1, 0.15) is 26.4 Å². The number of unbranched alkanes of at least 4 members (excludes halogenated alkanes) is 9. The molecular weight excluding hydrogens is 570 g/mol. The quantitative estimate of drug-likeness (QED) is 0.125. The number of aromatic nitrogens is 3. The molecule has 1 aromatic heterocycles. The summed E-state index contributed by atoms with van der Waals surface area (Å²) in [6.45, 7) is 8.20. The molecule has 0 unspecified atom stereocenters. The Bertz CT molecular complexity index is 1030. The van der Waals surface area contributed by atoms with E-state index in [1.807, 2.05) is 20.8 Å². The van der Waals surface area contributed by atoms with Gasteiger partial charge in [-0.3, -0.25) is 0 Å². The normalized spacial score (nSPS) is 9.43. The van der Waals surface area contributed by atoms with E-state index in [0.717, 1.165) is 58.6 Å². The Kier molecular flexibility index (Phi) is 29.9. The van der Waals surface area contributed by atoms with Crippen LogP contribution in [0.25, 0.3) is 0 Å². The Labute approximate surface area is 260 Å². The summed E-state index contributed by atoms with van der Waals surface area (Å²) < 4.78 is 21.7. The van der Waals surface area contributed by atoms with Crippen LogP contribution in [0.3, 0.4) is 0 Å². The highest BCUT2D eigenvalue weighted by molar-refractivity contribution is 4.79. The molecule has 1 rings (SSSR count). The molecule has 1 heterocycles. The lowest BCUT2D eigenvalue weighted by Gasteiger charge is -2.14. The van der Waals surface area contributed by atoms with Crippen molar-refractivity contribution in [2.75, 3.05) is 26.4 Å². The molecule has 0 fully saturated rings. The lowest BCUT2D eigenvalue weighted by molar-refractivity contribution is 0.259. The molecular formula is C30H49N7O7. The fourth-order valence-electron chi connectivity index (χ4n) is 3.93. The topological polar surface area (TPSA) is 198 Å². The van der Waals surface area contributed by atoms with Crippen molar-refractivity contribution >= 4 is 0 Å². The van der Waals surface area contributed by atoms with Crippen molar-refractivity contribution in [3.63, 3.8) is 0 Å². The molecule has 246 valence electrons. The summed E-state index contributed by atoms with van der Waals surface area (Å²) in [4.78, 5) is 39.0. The molecule has 0 aromatic carbocycles. The molecule has 14 heteroatoms. The lowest BCUT2D eigenvalue weighted by Crippen LogP contribution is -2.54. The van der Waals surface area contributed by atoms with E-state index < -0.39 is 17.1 Å². The average molecular weight is 620 g/mol. The van der Waals surface area contributed by atoms with Gasteiger partial charge in [-0.2, -0.15) is 21.0 Å². The van der Waals surface area contributed by atoms with Gasteiger partial charge in [0.15, 0.2) is 0 Å². The smallest absolute Gasteiger partial charge is 0.336 e. The third kappa shape index (κ3) is 20.4. The van der Waals surface area contributed by atoms with Crippen LogP contribution in [0.2, 0.25) is 0 Å². The van der Waals surface area contributed by atoms with Gasteiger partial charge >= 0.3 is 17.1 Å².